The summed E-state index contributed by atoms with van der Waals surface area (Å²) in [6.45, 7) is 1.39. The van der Waals surface area contributed by atoms with Crippen LogP contribution in [0.2, 0.25) is 5.02 Å². The zero-order valence-electron chi connectivity index (χ0n) is 13.1. The van der Waals surface area contributed by atoms with Gasteiger partial charge < -0.3 is 10.0 Å². The van der Waals surface area contributed by atoms with Gasteiger partial charge in [-0.15, -0.1) is 0 Å². The molecule has 1 fully saturated rings. The maximum Gasteiger partial charge on any atom is 0.290 e. The van der Waals surface area contributed by atoms with Crippen molar-refractivity contribution < 1.29 is 14.7 Å². The fourth-order valence-electron chi connectivity index (χ4n) is 3.69. The molecule has 1 aliphatic carbocycles. The van der Waals surface area contributed by atoms with Crippen LogP contribution in [0.5, 0.6) is 0 Å². The van der Waals surface area contributed by atoms with Crippen molar-refractivity contribution in [2.45, 2.75) is 51.1 Å². The number of hydrogen-bond donors (Lipinski definition) is 1. The fourth-order valence-corrected chi connectivity index (χ4v) is 3.82. The first-order chi connectivity index (χ1) is 11.0. The molecule has 1 saturated carbocycles. The van der Waals surface area contributed by atoms with E-state index in [0.29, 0.717) is 5.02 Å². The van der Waals surface area contributed by atoms with Crippen molar-refractivity contribution in [1.82, 2.24) is 4.90 Å². The molecule has 1 heterocycles. The number of hydrogen-bond acceptors (Lipinski definition) is 3. The van der Waals surface area contributed by atoms with Gasteiger partial charge >= 0.3 is 0 Å². The van der Waals surface area contributed by atoms with Gasteiger partial charge in [-0.05, 0) is 37.5 Å². The van der Waals surface area contributed by atoms with Crippen LogP contribution in [-0.4, -0.2) is 27.7 Å². The third-order valence-corrected chi connectivity index (χ3v) is 5.03. The number of halogens is 1. The van der Waals surface area contributed by atoms with Crippen molar-refractivity contribution in [3.63, 3.8) is 0 Å². The summed E-state index contributed by atoms with van der Waals surface area (Å²) in [5.41, 5.74) is 1.01. The number of carbonyl (C=O) groups excluding carboxylic acids is 2. The first-order valence-electron chi connectivity index (χ1n) is 8.03. The summed E-state index contributed by atoms with van der Waals surface area (Å²) in [7, 11) is 0. The predicted molar refractivity (Wildman–Crippen MR) is 88.2 cm³/mol. The molecule has 5 heteroatoms. The first-order valence-corrected chi connectivity index (χ1v) is 8.40. The van der Waals surface area contributed by atoms with E-state index in [9.17, 15) is 14.7 Å². The third-order valence-electron chi connectivity index (χ3n) is 4.78. The summed E-state index contributed by atoms with van der Waals surface area (Å²) in [5, 5.41) is 10.9. The number of nitrogens with zero attached hydrogens (tertiary/aromatic N) is 1. The average Bonchev–Trinajstić information content (AvgIpc) is 2.81. The molecule has 1 aliphatic heterocycles. The van der Waals surface area contributed by atoms with Crippen LogP contribution in [0.4, 0.5) is 0 Å². The number of aliphatic hydroxyl groups is 1. The minimum absolute atomic E-state index is 0.0657. The third kappa shape index (κ3) is 2.88. The van der Waals surface area contributed by atoms with Gasteiger partial charge in [0.25, 0.3) is 5.91 Å². The minimum atomic E-state index is -0.514. The van der Waals surface area contributed by atoms with Gasteiger partial charge in [0.15, 0.2) is 11.5 Å². The number of amides is 1. The smallest absolute Gasteiger partial charge is 0.290 e. The van der Waals surface area contributed by atoms with E-state index in [1.54, 1.807) is 17.0 Å². The highest BCUT2D eigenvalue weighted by molar-refractivity contribution is 6.30. The molecule has 23 heavy (non-hydrogen) atoms. The number of benzene rings is 1. The maximum atomic E-state index is 12.6. The molecule has 0 saturated heterocycles. The fraction of sp³-hybridized carbons (Fsp3) is 0.444. The Bertz CT molecular complexity index is 659. The summed E-state index contributed by atoms with van der Waals surface area (Å²) in [5.74, 6) is -1.10. The van der Waals surface area contributed by atoms with Gasteiger partial charge in [0, 0.05) is 11.1 Å². The minimum Gasteiger partial charge on any atom is -0.503 e. The van der Waals surface area contributed by atoms with Crippen LogP contribution in [0.25, 0.3) is 0 Å². The molecule has 1 N–H and O–H groups in total. The van der Waals surface area contributed by atoms with E-state index >= 15 is 0 Å². The second kappa shape index (κ2) is 6.36. The van der Waals surface area contributed by atoms with Crippen LogP contribution in [0.3, 0.4) is 0 Å². The van der Waals surface area contributed by atoms with Crippen molar-refractivity contribution in [3.8, 4) is 0 Å². The van der Waals surface area contributed by atoms with Crippen LogP contribution in [0.15, 0.2) is 35.6 Å². The molecule has 1 atom stereocenters. The van der Waals surface area contributed by atoms with Gasteiger partial charge in [-0.2, -0.15) is 0 Å². The van der Waals surface area contributed by atoms with Gasteiger partial charge in [0.1, 0.15) is 0 Å². The molecule has 0 aromatic heterocycles. The number of ketones is 1. The Kier molecular flexibility index (Phi) is 4.44. The van der Waals surface area contributed by atoms with E-state index in [1.165, 1.54) is 13.3 Å². The molecule has 4 nitrogen and oxygen atoms in total. The van der Waals surface area contributed by atoms with E-state index in [-0.39, 0.29) is 17.4 Å². The molecule has 0 spiro atoms. The standard InChI is InChI=1S/C18H20ClNO3/c1-11(21)15-16(12-7-9-13(19)10-8-12)20(18(23)17(15)22)14-5-3-2-4-6-14/h7-10,14,16,22H,2-6H2,1H3/t16-/m0/s1. The first kappa shape index (κ1) is 16.1. The topological polar surface area (TPSA) is 57.6 Å². The molecule has 0 bridgehead atoms. The SMILES string of the molecule is CC(=O)C1=C(O)C(=O)N(C2CCCCC2)[C@H]1c1ccc(Cl)cc1. The molecule has 0 unspecified atom stereocenters. The lowest BCUT2D eigenvalue weighted by Crippen LogP contribution is -2.41. The number of rotatable bonds is 3. The highest BCUT2D eigenvalue weighted by Crippen LogP contribution is 2.41. The Labute approximate surface area is 140 Å². The monoisotopic (exact) mass is 333 g/mol. The van der Waals surface area contributed by atoms with Crippen LogP contribution in [0.1, 0.15) is 50.6 Å². The van der Waals surface area contributed by atoms with Crippen LogP contribution in [0, 0.1) is 0 Å². The van der Waals surface area contributed by atoms with Crippen molar-refractivity contribution in [2.24, 2.45) is 0 Å². The molecule has 3 rings (SSSR count). The van der Waals surface area contributed by atoms with Crippen molar-refractivity contribution >= 4 is 23.3 Å². The van der Waals surface area contributed by atoms with E-state index in [2.05, 4.69) is 0 Å². The Morgan fingerprint density at radius 3 is 2.35 bits per heavy atom. The Morgan fingerprint density at radius 1 is 1.17 bits per heavy atom. The largest absolute Gasteiger partial charge is 0.503 e. The number of Topliss-reactive ketones (excluding diaryl/α,β-unsaturated/α-hetero) is 1. The molecular weight excluding hydrogens is 314 g/mol. The summed E-state index contributed by atoms with van der Waals surface area (Å²) in [6, 6.07) is 6.67. The number of carbonyl (C=O) groups is 2. The van der Waals surface area contributed by atoms with Crippen molar-refractivity contribution in [3.05, 3.63) is 46.2 Å². The molecule has 0 radical (unpaired) electrons. The van der Waals surface area contributed by atoms with E-state index in [0.717, 1.165) is 31.2 Å². The van der Waals surface area contributed by atoms with Crippen molar-refractivity contribution in [2.75, 3.05) is 0 Å². The van der Waals surface area contributed by atoms with Gasteiger partial charge in [-0.3, -0.25) is 9.59 Å². The summed E-state index contributed by atoms with van der Waals surface area (Å²) >= 11 is 5.95. The zero-order chi connectivity index (χ0) is 16.6. The second-order valence-electron chi connectivity index (χ2n) is 6.28. The Balaban J connectivity index is 2.05. The normalized spacial score (nSPS) is 22.8. The van der Waals surface area contributed by atoms with E-state index < -0.39 is 17.7 Å². The van der Waals surface area contributed by atoms with Crippen LogP contribution in [-0.2, 0) is 9.59 Å². The van der Waals surface area contributed by atoms with E-state index in [1.807, 2.05) is 12.1 Å². The molecule has 122 valence electrons. The average molecular weight is 334 g/mol. The molecule has 1 aromatic carbocycles. The van der Waals surface area contributed by atoms with Gasteiger partial charge in [0.2, 0.25) is 0 Å². The zero-order valence-corrected chi connectivity index (χ0v) is 13.8. The Hall–Kier alpha value is -1.81. The van der Waals surface area contributed by atoms with Gasteiger partial charge in [-0.1, -0.05) is 43.0 Å². The molecular formula is C18H20ClNO3. The molecule has 1 aromatic rings. The van der Waals surface area contributed by atoms with Gasteiger partial charge in [0.05, 0.1) is 11.6 Å². The van der Waals surface area contributed by atoms with E-state index in [4.69, 9.17) is 11.6 Å². The maximum absolute atomic E-state index is 12.6. The quantitative estimate of drug-likeness (QED) is 0.911. The lowest BCUT2D eigenvalue weighted by Gasteiger charge is -2.36. The number of aliphatic hydroxyl groups excluding tert-OH is 1. The summed E-state index contributed by atoms with van der Waals surface area (Å²) < 4.78 is 0. The Morgan fingerprint density at radius 2 is 1.78 bits per heavy atom. The molecule has 1 amide bonds. The van der Waals surface area contributed by atoms with Crippen LogP contribution >= 0.6 is 11.6 Å². The predicted octanol–water partition coefficient (Wildman–Crippen LogP) is 3.96. The summed E-state index contributed by atoms with van der Waals surface area (Å²) in [4.78, 5) is 26.4. The lowest BCUT2D eigenvalue weighted by molar-refractivity contribution is -0.132. The second-order valence-corrected chi connectivity index (χ2v) is 6.71. The van der Waals surface area contributed by atoms with Crippen molar-refractivity contribution in [1.29, 1.82) is 0 Å². The lowest BCUT2D eigenvalue weighted by atomic mass is 9.90. The highest BCUT2D eigenvalue weighted by atomic mass is 35.5. The van der Waals surface area contributed by atoms with Crippen LogP contribution < -0.4 is 0 Å². The molecule has 2 aliphatic rings. The summed E-state index contributed by atoms with van der Waals surface area (Å²) in [6.07, 6.45) is 5.13. The van der Waals surface area contributed by atoms with Gasteiger partial charge in [-0.25, -0.2) is 0 Å². The highest BCUT2D eigenvalue weighted by Gasteiger charge is 2.45.